The van der Waals surface area contributed by atoms with Crippen molar-refractivity contribution in [2.75, 3.05) is 5.32 Å². The van der Waals surface area contributed by atoms with Gasteiger partial charge >= 0.3 is 0 Å². The summed E-state index contributed by atoms with van der Waals surface area (Å²) in [5, 5.41) is 4.14. The van der Waals surface area contributed by atoms with E-state index < -0.39 is 0 Å². The maximum absolute atomic E-state index is 4.61. The second-order valence-corrected chi connectivity index (χ2v) is 6.38. The van der Waals surface area contributed by atoms with E-state index in [4.69, 9.17) is 0 Å². The summed E-state index contributed by atoms with van der Waals surface area (Å²) < 4.78 is 0. The van der Waals surface area contributed by atoms with Gasteiger partial charge in [-0.2, -0.15) is 0 Å². The Labute approximate surface area is 141 Å². The summed E-state index contributed by atoms with van der Waals surface area (Å²) in [6.07, 6.45) is 0. The molecule has 0 bridgehead atoms. The summed E-state index contributed by atoms with van der Waals surface area (Å²) >= 11 is 1.65. The van der Waals surface area contributed by atoms with Crippen LogP contribution >= 0.6 is 11.8 Å². The van der Waals surface area contributed by atoms with Crippen LogP contribution in [0.3, 0.4) is 0 Å². The number of rotatable bonds is 5. The van der Waals surface area contributed by atoms with Crippen molar-refractivity contribution in [2.45, 2.75) is 24.8 Å². The molecule has 1 aromatic heterocycles. The van der Waals surface area contributed by atoms with Crippen LogP contribution in [0.15, 0.2) is 65.8 Å². The minimum Gasteiger partial charge on any atom is -0.340 e. The highest BCUT2D eigenvalue weighted by Crippen LogP contribution is 2.23. The minimum atomic E-state index is 0.795. The van der Waals surface area contributed by atoms with Crippen molar-refractivity contribution in [3.63, 3.8) is 0 Å². The van der Waals surface area contributed by atoms with E-state index in [0.29, 0.717) is 0 Å². The second-order valence-electron chi connectivity index (χ2n) is 5.44. The van der Waals surface area contributed by atoms with Crippen LogP contribution in [-0.4, -0.2) is 9.97 Å². The second kappa shape index (κ2) is 7.29. The lowest BCUT2D eigenvalue weighted by molar-refractivity contribution is 0.937. The van der Waals surface area contributed by atoms with Crippen molar-refractivity contribution in [1.82, 2.24) is 9.97 Å². The molecule has 0 saturated carbocycles. The van der Waals surface area contributed by atoms with Gasteiger partial charge in [0.2, 0.25) is 0 Å². The Balaban J connectivity index is 1.72. The molecule has 0 spiro atoms. The molecule has 0 atom stereocenters. The molecule has 0 unspecified atom stereocenters. The predicted molar refractivity (Wildman–Crippen MR) is 97.2 cm³/mol. The van der Waals surface area contributed by atoms with Gasteiger partial charge in [-0.3, -0.25) is 0 Å². The van der Waals surface area contributed by atoms with Gasteiger partial charge in [0.05, 0.1) is 0 Å². The molecule has 0 aliphatic heterocycles. The van der Waals surface area contributed by atoms with Crippen molar-refractivity contribution in [2.24, 2.45) is 0 Å². The summed E-state index contributed by atoms with van der Waals surface area (Å²) in [7, 11) is 0. The molecule has 2 aromatic carbocycles. The van der Waals surface area contributed by atoms with Gasteiger partial charge in [-0.15, -0.1) is 0 Å². The lowest BCUT2D eigenvalue weighted by Crippen LogP contribution is -1.98. The molecular formula is C19H19N3S. The van der Waals surface area contributed by atoms with E-state index in [9.17, 15) is 0 Å². The third-order valence-corrected chi connectivity index (χ3v) is 4.29. The first-order valence-electron chi connectivity index (χ1n) is 7.55. The average Bonchev–Trinajstić information content (AvgIpc) is 2.56. The normalized spacial score (nSPS) is 10.5. The Morgan fingerprint density at radius 2 is 1.65 bits per heavy atom. The van der Waals surface area contributed by atoms with Crippen molar-refractivity contribution < 1.29 is 0 Å². The van der Waals surface area contributed by atoms with E-state index in [2.05, 4.69) is 70.7 Å². The van der Waals surface area contributed by atoms with Crippen LogP contribution in [-0.2, 0) is 5.75 Å². The molecule has 0 saturated heterocycles. The lowest BCUT2D eigenvalue weighted by atomic mass is 10.2. The molecule has 3 rings (SSSR count). The van der Waals surface area contributed by atoms with Crippen molar-refractivity contribution >= 4 is 23.3 Å². The van der Waals surface area contributed by atoms with Gasteiger partial charge in [-0.05, 0) is 31.5 Å². The zero-order valence-electron chi connectivity index (χ0n) is 13.3. The van der Waals surface area contributed by atoms with Gasteiger partial charge in [0.25, 0.3) is 0 Å². The number of anilines is 2. The first-order chi connectivity index (χ1) is 11.2. The van der Waals surface area contributed by atoms with E-state index in [1.807, 2.05) is 19.1 Å². The Morgan fingerprint density at radius 3 is 2.39 bits per heavy atom. The molecule has 0 aliphatic carbocycles. The first kappa shape index (κ1) is 15.6. The maximum Gasteiger partial charge on any atom is 0.190 e. The summed E-state index contributed by atoms with van der Waals surface area (Å²) in [5.41, 5.74) is 4.52. The number of benzene rings is 2. The molecule has 4 heteroatoms. The third-order valence-electron chi connectivity index (χ3n) is 3.37. The van der Waals surface area contributed by atoms with E-state index >= 15 is 0 Å². The Hall–Kier alpha value is -2.33. The standard InChI is InChI=1S/C19H19N3S/c1-14-8-10-17(11-9-14)21-18-12-15(2)20-19(22-18)23-13-16-6-4-3-5-7-16/h3-12H,13H2,1-2H3,(H,20,21,22). The molecule has 116 valence electrons. The fourth-order valence-electron chi connectivity index (χ4n) is 2.18. The molecule has 23 heavy (non-hydrogen) atoms. The smallest absolute Gasteiger partial charge is 0.190 e. The number of hydrogen-bond acceptors (Lipinski definition) is 4. The quantitative estimate of drug-likeness (QED) is 0.522. The Bertz CT molecular complexity index is 770. The van der Waals surface area contributed by atoms with E-state index in [1.54, 1.807) is 11.8 Å². The van der Waals surface area contributed by atoms with Gasteiger partial charge < -0.3 is 5.32 Å². The fourth-order valence-corrected chi connectivity index (χ4v) is 3.04. The largest absolute Gasteiger partial charge is 0.340 e. The SMILES string of the molecule is Cc1ccc(Nc2cc(C)nc(SCc3ccccc3)n2)cc1. The summed E-state index contributed by atoms with van der Waals surface area (Å²) in [6.45, 7) is 4.07. The highest BCUT2D eigenvalue weighted by molar-refractivity contribution is 7.98. The predicted octanol–water partition coefficient (Wildman–Crippen LogP) is 5.13. The number of hydrogen-bond donors (Lipinski definition) is 1. The van der Waals surface area contributed by atoms with Crippen LogP contribution in [0, 0.1) is 13.8 Å². The summed E-state index contributed by atoms with van der Waals surface area (Å²) in [5.74, 6) is 1.70. The van der Waals surface area contributed by atoms with Crippen molar-refractivity contribution in [3.8, 4) is 0 Å². The molecule has 0 aliphatic rings. The molecule has 3 nitrogen and oxygen atoms in total. The van der Waals surface area contributed by atoms with Crippen LogP contribution in [0.4, 0.5) is 11.5 Å². The molecule has 1 N–H and O–H groups in total. The lowest BCUT2D eigenvalue weighted by Gasteiger charge is -2.09. The molecule has 0 amide bonds. The van der Waals surface area contributed by atoms with Crippen LogP contribution in [0.2, 0.25) is 0 Å². The maximum atomic E-state index is 4.61. The van der Waals surface area contributed by atoms with Gasteiger partial charge in [-0.25, -0.2) is 9.97 Å². The number of nitrogens with one attached hydrogen (secondary N) is 1. The topological polar surface area (TPSA) is 37.8 Å². The van der Waals surface area contributed by atoms with Gasteiger partial charge in [-0.1, -0.05) is 59.8 Å². The minimum absolute atomic E-state index is 0.795. The number of nitrogens with zero attached hydrogens (tertiary/aromatic N) is 2. The number of thioether (sulfide) groups is 1. The van der Waals surface area contributed by atoms with E-state index in [-0.39, 0.29) is 0 Å². The highest BCUT2D eigenvalue weighted by Gasteiger charge is 2.04. The van der Waals surface area contributed by atoms with Crippen LogP contribution in [0.1, 0.15) is 16.8 Å². The molecular weight excluding hydrogens is 302 g/mol. The summed E-state index contributed by atoms with van der Waals surface area (Å²) in [4.78, 5) is 9.12. The van der Waals surface area contributed by atoms with Crippen LogP contribution in [0.5, 0.6) is 0 Å². The number of aryl methyl sites for hydroxylation is 2. The average molecular weight is 321 g/mol. The highest BCUT2D eigenvalue weighted by atomic mass is 32.2. The monoisotopic (exact) mass is 321 g/mol. The molecule has 3 aromatic rings. The molecule has 0 fully saturated rings. The fraction of sp³-hybridized carbons (Fsp3) is 0.158. The van der Waals surface area contributed by atoms with Gasteiger partial charge in [0.15, 0.2) is 5.16 Å². The summed E-state index contributed by atoms with van der Waals surface area (Å²) in [6, 6.07) is 20.6. The zero-order valence-corrected chi connectivity index (χ0v) is 14.1. The van der Waals surface area contributed by atoms with Crippen molar-refractivity contribution in [1.29, 1.82) is 0 Å². The molecule has 1 heterocycles. The first-order valence-corrected chi connectivity index (χ1v) is 8.54. The number of aromatic nitrogens is 2. The van der Waals surface area contributed by atoms with Crippen LogP contribution in [0.25, 0.3) is 0 Å². The van der Waals surface area contributed by atoms with E-state index in [1.165, 1.54) is 11.1 Å². The van der Waals surface area contributed by atoms with Crippen LogP contribution < -0.4 is 5.32 Å². The zero-order chi connectivity index (χ0) is 16.1. The Morgan fingerprint density at radius 1 is 0.913 bits per heavy atom. The molecule has 0 radical (unpaired) electrons. The van der Waals surface area contributed by atoms with Crippen molar-refractivity contribution in [3.05, 3.63) is 77.5 Å². The van der Waals surface area contributed by atoms with Gasteiger partial charge in [0.1, 0.15) is 5.82 Å². The van der Waals surface area contributed by atoms with E-state index in [0.717, 1.165) is 28.1 Å². The van der Waals surface area contributed by atoms with Gasteiger partial charge in [0, 0.05) is 23.2 Å². The Kier molecular flexibility index (Phi) is 4.93. The third kappa shape index (κ3) is 4.57.